The highest BCUT2D eigenvalue weighted by Gasteiger charge is 2.18. The minimum atomic E-state index is -0.263. The van der Waals surface area contributed by atoms with Crippen LogP contribution in [0.3, 0.4) is 0 Å². The van der Waals surface area contributed by atoms with E-state index in [1.807, 2.05) is 0 Å². The third kappa shape index (κ3) is 6.98. The second kappa shape index (κ2) is 12.0. The van der Waals surface area contributed by atoms with Gasteiger partial charge in [-0.05, 0) is 24.0 Å². The Hall–Kier alpha value is -2.74. The number of pyridine rings is 1. The van der Waals surface area contributed by atoms with Crippen LogP contribution in [-0.4, -0.2) is 38.2 Å². The Morgan fingerprint density at radius 2 is 1.62 bits per heavy atom. The van der Waals surface area contributed by atoms with Crippen LogP contribution in [0, 0.1) is 24.1 Å². The van der Waals surface area contributed by atoms with Crippen molar-refractivity contribution in [2.45, 2.75) is 6.42 Å². The van der Waals surface area contributed by atoms with Crippen molar-refractivity contribution in [3.8, 4) is 35.6 Å². The maximum atomic E-state index is 12.9. The molecule has 0 aliphatic heterocycles. The Bertz CT molecular complexity index is 966. The number of carbonyl (C=O) groups is 1. The van der Waals surface area contributed by atoms with Gasteiger partial charge in [-0.15, -0.1) is 0 Å². The lowest BCUT2D eigenvalue weighted by Gasteiger charge is -2.09. The second-order valence-corrected chi connectivity index (χ2v) is 6.28. The molecule has 6 nitrogen and oxygen atoms in total. The first kappa shape index (κ1) is 22.5. The standard InChI is InChI=1S/C21H17Cl2NO5/c1-26-7-3-9-28-15-5-6-16(21(11-15)29-10-4-8-27-2)20(25)12-17-18(22)13-24-14-19(17)23/h5-6,11,13-14H,7-8,12H2,1-2H3. The van der Waals surface area contributed by atoms with Crippen LogP contribution in [0.2, 0.25) is 10.0 Å². The first-order chi connectivity index (χ1) is 14.1. The monoisotopic (exact) mass is 433 g/mol. The van der Waals surface area contributed by atoms with Crippen molar-refractivity contribution in [1.29, 1.82) is 0 Å². The molecule has 0 saturated heterocycles. The van der Waals surface area contributed by atoms with Gasteiger partial charge in [0.1, 0.15) is 31.2 Å². The van der Waals surface area contributed by atoms with E-state index in [0.717, 1.165) is 0 Å². The van der Waals surface area contributed by atoms with Crippen LogP contribution in [0.1, 0.15) is 15.9 Å². The van der Waals surface area contributed by atoms with E-state index in [2.05, 4.69) is 29.0 Å². The molecule has 0 N–H and O–H groups in total. The maximum Gasteiger partial charge on any atom is 0.171 e. The number of ether oxygens (including phenoxy) is 4. The van der Waals surface area contributed by atoms with Gasteiger partial charge in [0, 0.05) is 44.7 Å². The number of methoxy groups -OCH3 is 2. The molecule has 29 heavy (non-hydrogen) atoms. The van der Waals surface area contributed by atoms with Crippen LogP contribution in [0.15, 0.2) is 30.6 Å². The summed E-state index contributed by atoms with van der Waals surface area (Å²) in [5, 5.41) is 0.614. The van der Waals surface area contributed by atoms with E-state index in [-0.39, 0.29) is 36.7 Å². The topological polar surface area (TPSA) is 66.9 Å². The fraction of sp³-hybridized carbons (Fsp3) is 0.238. The number of aromatic nitrogens is 1. The molecule has 2 aromatic rings. The van der Waals surface area contributed by atoms with Crippen molar-refractivity contribution in [3.63, 3.8) is 0 Å². The third-order valence-corrected chi connectivity index (χ3v) is 4.10. The summed E-state index contributed by atoms with van der Waals surface area (Å²) in [4.78, 5) is 16.7. The number of hydrogen-bond acceptors (Lipinski definition) is 6. The molecule has 0 bridgehead atoms. The maximum absolute atomic E-state index is 12.9. The predicted molar refractivity (Wildman–Crippen MR) is 109 cm³/mol. The van der Waals surface area contributed by atoms with E-state index in [9.17, 15) is 4.79 Å². The molecular weight excluding hydrogens is 417 g/mol. The van der Waals surface area contributed by atoms with Crippen molar-refractivity contribution in [3.05, 3.63) is 51.8 Å². The normalized spacial score (nSPS) is 9.66. The van der Waals surface area contributed by atoms with E-state index in [1.54, 1.807) is 12.1 Å². The molecule has 1 aromatic carbocycles. The molecule has 2 rings (SSSR count). The number of benzene rings is 1. The number of Topliss-reactive ketones (excluding diaryl/α,β-unsaturated/α-hetero) is 1. The quantitative estimate of drug-likeness (QED) is 0.488. The molecule has 0 radical (unpaired) electrons. The summed E-state index contributed by atoms with van der Waals surface area (Å²) in [5.41, 5.74) is 0.772. The van der Waals surface area contributed by atoms with Crippen LogP contribution in [0.5, 0.6) is 11.5 Å². The fourth-order valence-electron chi connectivity index (χ4n) is 2.13. The molecule has 8 heteroatoms. The Morgan fingerprint density at radius 3 is 2.24 bits per heavy atom. The van der Waals surface area contributed by atoms with Crippen LogP contribution >= 0.6 is 23.2 Å². The van der Waals surface area contributed by atoms with Gasteiger partial charge in [-0.1, -0.05) is 23.2 Å². The summed E-state index contributed by atoms with van der Waals surface area (Å²) < 4.78 is 20.4. The predicted octanol–water partition coefficient (Wildman–Crippen LogP) is 3.79. The summed E-state index contributed by atoms with van der Waals surface area (Å²) >= 11 is 12.2. The Labute approximate surface area is 179 Å². The van der Waals surface area contributed by atoms with Gasteiger partial charge in [0.05, 0.1) is 15.6 Å². The summed E-state index contributed by atoms with van der Waals surface area (Å²) in [6.07, 6.45) is 7.81. The van der Waals surface area contributed by atoms with Gasteiger partial charge in [0.2, 0.25) is 0 Å². The van der Waals surface area contributed by atoms with Gasteiger partial charge in [-0.25, -0.2) is 0 Å². The molecule has 0 aliphatic rings. The van der Waals surface area contributed by atoms with Gasteiger partial charge in [-0.2, -0.15) is 0 Å². The Kier molecular flexibility index (Phi) is 9.30. The van der Waals surface area contributed by atoms with E-state index < -0.39 is 0 Å². The largest absolute Gasteiger partial charge is 0.407 e. The van der Waals surface area contributed by atoms with E-state index in [0.29, 0.717) is 21.4 Å². The molecule has 1 aromatic heterocycles. The van der Waals surface area contributed by atoms with E-state index in [1.165, 1.54) is 32.7 Å². The first-order valence-electron chi connectivity index (χ1n) is 8.29. The van der Waals surface area contributed by atoms with E-state index >= 15 is 0 Å². The van der Waals surface area contributed by atoms with Crippen LogP contribution in [-0.2, 0) is 15.9 Å². The Balaban J connectivity index is 2.29. The highest BCUT2D eigenvalue weighted by molar-refractivity contribution is 6.36. The zero-order valence-corrected chi connectivity index (χ0v) is 17.3. The molecule has 0 saturated carbocycles. The van der Waals surface area contributed by atoms with Gasteiger partial charge < -0.3 is 18.9 Å². The van der Waals surface area contributed by atoms with E-state index in [4.69, 9.17) is 42.1 Å². The number of carbonyl (C=O) groups excluding carboxylic acids is 1. The van der Waals surface area contributed by atoms with Crippen molar-refractivity contribution >= 4 is 29.0 Å². The molecule has 0 amide bonds. The summed E-state index contributed by atoms with van der Waals surface area (Å²) in [7, 11) is 3.04. The molecular formula is C21H17Cl2NO5. The third-order valence-electron chi connectivity index (χ3n) is 3.45. The Morgan fingerprint density at radius 1 is 1.00 bits per heavy atom. The second-order valence-electron chi connectivity index (χ2n) is 5.47. The molecule has 0 fully saturated rings. The smallest absolute Gasteiger partial charge is 0.171 e. The zero-order valence-electron chi connectivity index (χ0n) is 15.8. The molecule has 150 valence electrons. The number of rotatable bonds is 7. The van der Waals surface area contributed by atoms with Crippen molar-refractivity contribution < 1.29 is 23.7 Å². The summed E-state index contributed by atoms with van der Waals surface area (Å²) in [6.45, 7) is 0.417. The van der Waals surface area contributed by atoms with Crippen LogP contribution < -0.4 is 9.47 Å². The lowest BCUT2D eigenvalue weighted by Crippen LogP contribution is -2.07. The summed E-state index contributed by atoms with van der Waals surface area (Å²) in [5.74, 6) is 5.65. The van der Waals surface area contributed by atoms with Gasteiger partial charge in [0.15, 0.2) is 11.5 Å². The molecule has 0 aliphatic carbocycles. The van der Waals surface area contributed by atoms with Gasteiger partial charge >= 0.3 is 0 Å². The average molecular weight is 434 g/mol. The minimum absolute atomic E-state index is 0.0319. The molecule has 0 unspecified atom stereocenters. The minimum Gasteiger partial charge on any atom is -0.407 e. The number of ketones is 1. The molecule has 0 spiro atoms. The van der Waals surface area contributed by atoms with Crippen molar-refractivity contribution in [2.75, 3.05) is 27.4 Å². The highest BCUT2D eigenvalue weighted by Crippen LogP contribution is 2.29. The zero-order chi connectivity index (χ0) is 21.1. The van der Waals surface area contributed by atoms with Crippen molar-refractivity contribution in [1.82, 2.24) is 4.98 Å². The fourth-order valence-corrected chi connectivity index (χ4v) is 2.63. The van der Waals surface area contributed by atoms with Gasteiger partial charge in [0.25, 0.3) is 0 Å². The van der Waals surface area contributed by atoms with Crippen molar-refractivity contribution in [2.24, 2.45) is 0 Å². The van der Waals surface area contributed by atoms with Gasteiger partial charge in [-0.3, -0.25) is 9.78 Å². The lowest BCUT2D eigenvalue weighted by molar-refractivity contribution is 0.0991. The molecule has 1 heterocycles. The summed E-state index contributed by atoms with van der Waals surface area (Å²) in [6, 6.07) is 4.68. The van der Waals surface area contributed by atoms with Crippen LogP contribution in [0.4, 0.5) is 0 Å². The number of nitrogens with zero attached hydrogens (tertiary/aromatic N) is 1. The first-order valence-corrected chi connectivity index (χ1v) is 9.04. The SMILES string of the molecule is COCC#COc1ccc(C(=O)Cc2c(Cl)cncc2Cl)c(OC#CCOC)c1. The highest BCUT2D eigenvalue weighted by atomic mass is 35.5. The number of hydrogen-bond donors (Lipinski definition) is 0. The van der Waals surface area contributed by atoms with Crippen LogP contribution in [0.25, 0.3) is 0 Å². The lowest BCUT2D eigenvalue weighted by atomic mass is 10.0. The average Bonchev–Trinajstić information content (AvgIpc) is 2.71. The number of halogens is 2. The molecule has 0 atom stereocenters.